The number of fused-ring (bicyclic) bond motifs is 2. The van der Waals surface area contributed by atoms with E-state index in [1.165, 1.54) is 0 Å². The Morgan fingerprint density at radius 1 is 1.38 bits per heavy atom. The van der Waals surface area contributed by atoms with Gasteiger partial charge in [-0.3, -0.25) is 0 Å². The molecule has 3 unspecified atom stereocenters. The molecule has 0 spiro atoms. The molecule has 3 rings (SSSR count). The van der Waals surface area contributed by atoms with Gasteiger partial charge in [0.2, 0.25) is 0 Å². The molecule has 0 radical (unpaired) electrons. The molecular weight excluding hydrogens is 260 g/mol. The van der Waals surface area contributed by atoms with E-state index in [4.69, 9.17) is 15.9 Å². The first-order chi connectivity index (χ1) is 9.99. The lowest BCUT2D eigenvalue weighted by atomic mass is 9.75. The Kier molecular flexibility index (Phi) is 3.59. The maximum atomic E-state index is 6.40. The number of hydrogen-bond donors (Lipinski definition) is 0. The molecule has 2 heteroatoms. The molecular formula is C19H24O2. The fourth-order valence-electron chi connectivity index (χ4n) is 3.78. The van der Waals surface area contributed by atoms with Crippen LogP contribution in [-0.4, -0.2) is 17.3 Å². The molecule has 1 aromatic carbocycles. The van der Waals surface area contributed by atoms with Gasteiger partial charge in [-0.25, -0.2) is 0 Å². The third-order valence-electron chi connectivity index (χ3n) is 5.36. The Labute approximate surface area is 127 Å². The number of rotatable bonds is 4. The van der Waals surface area contributed by atoms with Gasteiger partial charge in [0, 0.05) is 12.0 Å². The van der Waals surface area contributed by atoms with Crippen LogP contribution in [-0.2, 0) is 16.1 Å². The van der Waals surface area contributed by atoms with Crippen molar-refractivity contribution in [1.82, 2.24) is 0 Å². The predicted octanol–water partition coefficient (Wildman–Crippen LogP) is 3.92. The zero-order valence-electron chi connectivity index (χ0n) is 13.2. The molecule has 2 aliphatic heterocycles. The van der Waals surface area contributed by atoms with Crippen molar-refractivity contribution in [3.05, 3.63) is 35.4 Å². The summed E-state index contributed by atoms with van der Waals surface area (Å²) in [6.45, 7) is 7.27. The van der Waals surface area contributed by atoms with Gasteiger partial charge >= 0.3 is 0 Å². The van der Waals surface area contributed by atoms with E-state index in [1.807, 2.05) is 24.3 Å². The van der Waals surface area contributed by atoms with E-state index in [1.54, 1.807) is 0 Å². The van der Waals surface area contributed by atoms with Crippen molar-refractivity contribution >= 4 is 0 Å². The van der Waals surface area contributed by atoms with E-state index in [0.717, 1.165) is 30.4 Å². The molecule has 2 heterocycles. The molecule has 2 aliphatic rings. The molecule has 2 saturated heterocycles. The largest absolute Gasteiger partial charge is 0.370 e. The highest BCUT2D eigenvalue weighted by atomic mass is 16.6. The smallest absolute Gasteiger partial charge is 0.0924 e. The van der Waals surface area contributed by atoms with Crippen molar-refractivity contribution in [1.29, 1.82) is 0 Å². The van der Waals surface area contributed by atoms with Crippen LogP contribution in [0.5, 0.6) is 0 Å². The molecule has 21 heavy (non-hydrogen) atoms. The molecule has 0 amide bonds. The Hall–Kier alpha value is -1.30. The molecule has 0 aliphatic carbocycles. The maximum absolute atomic E-state index is 6.40. The zero-order chi connectivity index (χ0) is 15.1. The Bertz CT molecular complexity index is 571. The third-order valence-corrected chi connectivity index (χ3v) is 5.36. The lowest BCUT2D eigenvalue weighted by Crippen LogP contribution is -2.38. The van der Waals surface area contributed by atoms with Crippen molar-refractivity contribution in [2.45, 2.75) is 63.9 Å². The van der Waals surface area contributed by atoms with Gasteiger partial charge < -0.3 is 9.47 Å². The van der Waals surface area contributed by atoms with E-state index in [9.17, 15) is 0 Å². The summed E-state index contributed by atoms with van der Waals surface area (Å²) in [6, 6.07) is 7.99. The van der Waals surface area contributed by atoms with Gasteiger partial charge in [0.1, 0.15) is 0 Å². The first-order valence-corrected chi connectivity index (χ1v) is 7.85. The summed E-state index contributed by atoms with van der Waals surface area (Å²) in [5.74, 6) is 3.26. The minimum atomic E-state index is -0.130. The van der Waals surface area contributed by atoms with Crippen molar-refractivity contribution < 1.29 is 9.47 Å². The summed E-state index contributed by atoms with van der Waals surface area (Å²) in [4.78, 5) is 0. The summed E-state index contributed by atoms with van der Waals surface area (Å²) in [7, 11) is 0. The SMILES string of the molecule is C#Cc1ccccc1COC1CC2(C(C)C)CCC1(C)O2. The molecule has 1 aromatic rings. The Balaban J connectivity index is 1.71. The normalized spacial score (nSPS) is 34.3. The van der Waals surface area contributed by atoms with Crippen LogP contribution in [0.2, 0.25) is 0 Å². The molecule has 112 valence electrons. The minimum Gasteiger partial charge on any atom is -0.370 e. The van der Waals surface area contributed by atoms with Gasteiger partial charge in [0.15, 0.2) is 0 Å². The van der Waals surface area contributed by atoms with Gasteiger partial charge in [-0.2, -0.15) is 0 Å². The molecule has 0 aromatic heterocycles. The second-order valence-corrected chi connectivity index (χ2v) is 6.94. The highest BCUT2D eigenvalue weighted by molar-refractivity contribution is 5.39. The number of benzene rings is 1. The summed E-state index contributed by atoms with van der Waals surface area (Å²) >= 11 is 0. The molecule has 3 atom stereocenters. The zero-order valence-corrected chi connectivity index (χ0v) is 13.2. The Morgan fingerprint density at radius 2 is 2.14 bits per heavy atom. The first-order valence-electron chi connectivity index (χ1n) is 7.85. The van der Waals surface area contributed by atoms with Gasteiger partial charge in [0.25, 0.3) is 0 Å². The summed E-state index contributed by atoms with van der Waals surface area (Å²) in [5, 5.41) is 0. The third kappa shape index (κ3) is 2.39. The minimum absolute atomic E-state index is 0.0189. The summed E-state index contributed by atoms with van der Waals surface area (Å²) in [5.41, 5.74) is 1.90. The average Bonchev–Trinajstić information content (AvgIpc) is 2.97. The van der Waals surface area contributed by atoms with Crippen molar-refractivity contribution in [2.75, 3.05) is 0 Å². The van der Waals surface area contributed by atoms with Gasteiger partial charge in [0.05, 0.1) is 23.9 Å². The van der Waals surface area contributed by atoms with Crippen LogP contribution in [0.4, 0.5) is 0 Å². The van der Waals surface area contributed by atoms with E-state index in [2.05, 4.69) is 26.7 Å². The molecule has 0 N–H and O–H groups in total. The fourth-order valence-corrected chi connectivity index (χ4v) is 3.78. The van der Waals surface area contributed by atoms with Crippen molar-refractivity contribution in [3.8, 4) is 12.3 Å². The van der Waals surface area contributed by atoms with Crippen molar-refractivity contribution in [3.63, 3.8) is 0 Å². The second kappa shape index (κ2) is 5.16. The number of ether oxygens (including phenoxy) is 2. The topological polar surface area (TPSA) is 18.5 Å². The number of terminal acetylenes is 1. The van der Waals surface area contributed by atoms with Gasteiger partial charge in [-0.15, -0.1) is 6.42 Å². The molecule has 2 bridgehead atoms. The molecule has 2 fully saturated rings. The highest BCUT2D eigenvalue weighted by Crippen LogP contribution is 2.55. The quantitative estimate of drug-likeness (QED) is 0.780. The summed E-state index contributed by atoms with van der Waals surface area (Å²) < 4.78 is 12.6. The van der Waals surface area contributed by atoms with Crippen LogP contribution in [0, 0.1) is 18.3 Å². The van der Waals surface area contributed by atoms with E-state index < -0.39 is 0 Å². The maximum Gasteiger partial charge on any atom is 0.0924 e. The van der Waals surface area contributed by atoms with Crippen molar-refractivity contribution in [2.24, 2.45) is 5.92 Å². The fraction of sp³-hybridized carbons (Fsp3) is 0.579. The monoisotopic (exact) mass is 284 g/mol. The van der Waals surface area contributed by atoms with E-state index in [-0.39, 0.29) is 17.3 Å². The second-order valence-electron chi connectivity index (χ2n) is 6.94. The van der Waals surface area contributed by atoms with E-state index >= 15 is 0 Å². The predicted molar refractivity (Wildman–Crippen MR) is 83.9 cm³/mol. The standard InChI is InChI=1S/C19H24O2/c1-5-15-8-6-7-9-16(15)13-20-17-12-19(14(2)3)11-10-18(17,4)21-19/h1,6-9,14,17H,10-13H2,2-4H3. The first kappa shape index (κ1) is 14.6. The molecule has 2 nitrogen and oxygen atoms in total. The number of hydrogen-bond acceptors (Lipinski definition) is 2. The van der Waals surface area contributed by atoms with Crippen LogP contribution >= 0.6 is 0 Å². The highest BCUT2D eigenvalue weighted by Gasteiger charge is 2.60. The Morgan fingerprint density at radius 3 is 2.81 bits per heavy atom. The van der Waals surface area contributed by atoms with Crippen LogP contribution in [0.25, 0.3) is 0 Å². The lowest BCUT2D eigenvalue weighted by Gasteiger charge is -2.31. The summed E-state index contributed by atoms with van der Waals surface area (Å²) in [6.07, 6.45) is 8.96. The molecule has 0 saturated carbocycles. The van der Waals surface area contributed by atoms with Crippen LogP contribution in [0.15, 0.2) is 24.3 Å². The van der Waals surface area contributed by atoms with Gasteiger partial charge in [-0.05, 0) is 37.3 Å². The van der Waals surface area contributed by atoms with Crippen LogP contribution in [0.3, 0.4) is 0 Å². The van der Waals surface area contributed by atoms with Crippen LogP contribution in [0.1, 0.15) is 51.2 Å². The van der Waals surface area contributed by atoms with Crippen LogP contribution < -0.4 is 0 Å². The van der Waals surface area contributed by atoms with E-state index in [0.29, 0.717) is 12.5 Å². The lowest BCUT2D eigenvalue weighted by molar-refractivity contribution is -0.0960. The van der Waals surface area contributed by atoms with Gasteiger partial charge in [-0.1, -0.05) is 38.0 Å². The average molecular weight is 284 g/mol.